The monoisotopic (exact) mass is 584 g/mol. The lowest BCUT2D eigenvalue weighted by Gasteiger charge is -2.41. The summed E-state index contributed by atoms with van der Waals surface area (Å²) in [5.74, 6) is -0.00279. The third kappa shape index (κ3) is 6.94. The first-order valence-electron chi connectivity index (χ1n) is 12.3. The second kappa shape index (κ2) is 10.7. The van der Waals surface area contributed by atoms with Gasteiger partial charge in [0.25, 0.3) is 0 Å². The summed E-state index contributed by atoms with van der Waals surface area (Å²) >= 11 is 0. The molecule has 2 aromatic carbocycles. The quantitative estimate of drug-likeness (QED) is 0.275. The number of ether oxygens (including phenoxy) is 1. The molecular weight excluding hydrogens is 559 g/mol. The van der Waals surface area contributed by atoms with Crippen LogP contribution in [-0.4, -0.2) is 18.3 Å². The first kappa shape index (κ1) is 29.8. The Balaban J connectivity index is 1.70. The minimum atomic E-state index is -5.05. The standard InChI is InChI=1S/C26H25F9N2O3/c1-13(2)39-23(38)40-37-21-6-5-16(24(27,28)29)10-19(21)20(11-22(37)15-3-4-15)36-12-14-7-17(25(30,31)32)9-18(8-14)26(33,34)35/h5-10,13,15,20,22,36H,3-4,11-12H2,1-2H3/t20-,22-/m0/s1. The van der Waals surface area contributed by atoms with Gasteiger partial charge in [-0.2, -0.15) is 44.6 Å². The minimum absolute atomic E-state index is 0.00279. The van der Waals surface area contributed by atoms with E-state index in [9.17, 15) is 44.3 Å². The second-order valence-corrected chi connectivity index (χ2v) is 10.1. The van der Waals surface area contributed by atoms with Gasteiger partial charge in [-0.15, -0.1) is 0 Å². The molecule has 1 N–H and O–H groups in total. The van der Waals surface area contributed by atoms with Gasteiger partial charge in [-0.25, -0.2) is 4.79 Å². The van der Waals surface area contributed by atoms with E-state index >= 15 is 0 Å². The van der Waals surface area contributed by atoms with Gasteiger partial charge in [0.15, 0.2) is 0 Å². The molecule has 0 saturated heterocycles. The Bertz CT molecular complexity index is 1210. The summed E-state index contributed by atoms with van der Waals surface area (Å²) in [5, 5.41) is 4.04. The lowest BCUT2D eigenvalue weighted by Crippen LogP contribution is -2.46. The largest absolute Gasteiger partial charge is 0.533 e. The lowest BCUT2D eigenvalue weighted by atomic mass is 9.88. The van der Waals surface area contributed by atoms with E-state index in [0.29, 0.717) is 12.1 Å². The van der Waals surface area contributed by atoms with Crippen LogP contribution in [0.15, 0.2) is 36.4 Å². The fourth-order valence-corrected chi connectivity index (χ4v) is 4.69. The molecule has 4 rings (SSSR count). The summed E-state index contributed by atoms with van der Waals surface area (Å²) in [6, 6.07) is 2.45. The van der Waals surface area contributed by atoms with Crippen molar-refractivity contribution < 1.29 is 53.9 Å². The van der Waals surface area contributed by atoms with Gasteiger partial charge in [0.05, 0.1) is 34.5 Å². The van der Waals surface area contributed by atoms with Crippen LogP contribution < -0.4 is 10.4 Å². The molecule has 220 valence electrons. The maximum absolute atomic E-state index is 13.6. The fraction of sp³-hybridized carbons (Fsp3) is 0.500. The van der Waals surface area contributed by atoms with Crippen LogP contribution in [0.25, 0.3) is 0 Å². The summed E-state index contributed by atoms with van der Waals surface area (Å²) in [7, 11) is 0. The summed E-state index contributed by atoms with van der Waals surface area (Å²) in [6.07, 6.45) is -14.9. The summed E-state index contributed by atoms with van der Waals surface area (Å²) in [6.45, 7) is 2.66. The Labute approximate surface area is 223 Å². The molecule has 1 aliphatic carbocycles. The molecule has 2 aliphatic rings. The van der Waals surface area contributed by atoms with Crippen molar-refractivity contribution in [2.24, 2.45) is 5.92 Å². The van der Waals surface area contributed by atoms with Gasteiger partial charge in [0.1, 0.15) is 0 Å². The topological polar surface area (TPSA) is 50.8 Å². The van der Waals surface area contributed by atoms with E-state index in [-0.39, 0.29) is 35.2 Å². The number of rotatable bonds is 6. The highest BCUT2D eigenvalue weighted by molar-refractivity contribution is 5.65. The van der Waals surface area contributed by atoms with Gasteiger partial charge in [0, 0.05) is 12.6 Å². The van der Waals surface area contributed by atoms with Crippen LogP contribution in [0, 0.1) is 5.92 Å². The number of alkyl halides is 9. The van der Waals surface area contributed by atoms with Crippen molar-refractivity contribution in [1.82, 2.24) is 5.32 Å². The molecule has 1 fully saturated rings. The van der Waals surface area contributed by atoms with E-state index in [4.69, 9.17) is 9.57 Å². The molecule has 0 radical (unpaired) electrons. The number of hydroxylamine groups is 1. The van der Waals surface area contributed by atoms with Gasteiger partial charge in [-0.05, 0) is 86.6 Å². The Kier molecular flexibility index (Phi) is 7.96. The van der Waals surface area contributed by atoms with Crippen molar-refractivity contribution >= 4 is 11.8 Å². The van der Waals surface area contributed by atoms with Crippen molar-refractivity contribution in [3.05, 3.63) is 64.2 Å². The number of anilines is 1. The molecular formula is C26H25F9N2O3. The highest BCUT2D eigenvalue weighted by Crippen LogP contribution is 2.48. The second-order valence-electron chi connectivity index (χ2n) is 10.1. The molecule has 0 amide bonds. The molecule has 1 saturated carbocycles. The van der Waals surface area contributed by atoms with Gasteiger partial charge in [-0.3, -0.25) is 0 Å². The summed E-state index contributed by atoms with van der Waals surface area (Å²) in [4.78, 5) is 17.7. The first-order valence-corrected chi connectivity index (χ1v) is 12.3. The SMILES string of the molecule is CC(C)OC(=O)ON1c2ccc(C(F)(F)F)cc2[C@@H](NCc2cc(C(F)(F)F)cc(C(F)(F)F)c2)C[C@H]1C1CC1. The third-order valence-electron chi connectivity index (χ3n) is 6.62. The number of halogens is 9. The average molecular weight is 584 g/mol. The predicted octanol–water partition coefficient (Wildman–Crippen LogP) is 8.04. The fourth-order valence-electron chi connectivity index (χ4n) is 4.69. The molecule has 0 bridgehead atoms. The van der Waals surface area contributed by atoms with Crippen LogP contribution in [0.2, 0.25) is 0 Å². The van der Waals surface area contributed by atoms with E-state index in [0.717, 1.165) is 31.0 Å². The van der Waals surface area contributed by atoms with E-state index in [1.807, 2.05) is 0 Å². The van der Waals surface area contributed by atoms with Gasteiger partial charge in [-0.1, -0.05) is 0 Å². The van der Waals surface area contributed by atoms with Gasteiger partial charge >= 0.3 is 24.7 Å². The Hall–Kier alpha value is -3.16. The highest BCUT2D eigenvalue weighted by Gasteiger charge is 2.45. The smallest absolute Gasteiger partial charge is 0.430 e. The molecule has 1 aliphatic heterocycles. The van der Waals surface area contributed by atoms with Crippen LogP contribution in [0.4, 0.5) is 50.0 Å². The number of hydrogen-bond acceptors (Lipinski definition) is 5. The minimum Gasteiger partial charge on any atom is -0.430 e. The summed E-state index contributed by atoms with van der Waals surface area (Å²) < 4.78 is 126. The molecule has 2 aromatic rings. The van der Waals surface area contributed by atoms with Crippen molar-refractivity contribution in [2.75, 3.05) is 5.06 Å². The van der Waals surface area contributed by atoms with Crippen molar-refractivity contribution in [3.63, 3.8) is 0 Å². The van der Waals surface area contributed by atoms with Crippen LogP contribution in [0.1, 0.15) is 67.0 Å². The molecule has 0 aromatic heterocycles. The number of nitrogens with one attached hydrogen (secondary N) is 1. The lowest BCUT2D eigenvalue weighted by molar-refractivity contribution is -0.143. The number of fused-ring (bicyclic) bond motifs is 1. The van der Waals surface area contributed by atoms with Crippen molar-refractivity contribution in [1.29, 1.82) is 0 Å². The highest BCUT2D eigenvalue weighted by atomic mass is 19.4. The van der Waals surface area contributed by atoms with Crippen LogP contribution in [0.3, 0.4) is 0 Å². The first-order chi connectivity index (χ1) is 18.4. The number of carbonyl (C=O) groups excluding carboxylic acids is 1. The average Bonchev–Trinajstić information content (AvgIpc) is 3.66. The van der Waals surface area contributed by atoms with Crippen LogP contribution in [0.5, 0.6) is 0 Å². The summed E-state index contributed by atoms with van der Waals surface area (Å²) in [5.41, 5.74) is -4.24. The van der Waals surface area contributed by atoms with Crippen LogP contribution >= 0.6 is 0 Å². The maximum atomic E-state index is 13.6. The zero-order valence-corrected chi connectivity index (χ0v) is 21.2. The van der Waals surface area contributed by atoms with E-state index < -0.39 is 66.1 Å². The van der Waals surface area contributed by atoms with E-state index in [2.05, 4.69) is 5.32 Å². The molecule has 0 spiro atoms. The third-order valence-corrected chi connectivity index (χ3v) is 6.62. The normalized spacial score (nSPS) is 19.9. The molecule has 40 heavy (non-hydrogen) atoms. The number of hydrogen-bond donors (Lipinski definition) is 1. The molecule has 1 heterocycles. The van der Waals surface area contributed by atoms with E-state index in [1.165, 1.54) is 5.06 Å². The predicted molar refractivity (Wildman–Crippen MR) is 124 cm³/mol. The van der Waals surface area contributed by atoms with Crippen molar-refractivity contribution in [3.8, 4) is 0 Å². The number of nitrogens with zero attached hydrogens (tertiary/aromatic N) is 1. The molecule has 2 atom stereocenters. The number of benzene rings is 2. The zero-order valence-electron chi connectivity index (χ0n) is 21.2. The Morgan fingerprint density at radius 3 is 1.98 bits per heavy atom. The van der Waals surface area contributed by atoms with Crippen molar-refractivity contribution in [2.45, 2.75) is 76.4 Å². The van der Waals surface area contributed by atoms with Gasteiger partial charge < -0.3 is 14.9 Å². The van der Waals surface area contributed by atoms with Gasteiger partial charge in [0.2, 0.25) is 0 Å². The Morgan fingerprint density at radius 1 is 0.900 bits per heavy atom. The Morgan fingerprint density at radius 2 is 1.48 bits per heavy atom. The van der Waals surface area contributed by atoms with Crippen LogP contribution in [-0.2, 0) is 34.6 Å². The molecule has 0 unspecified atom stereocenters. The molecule has 14 heteroatoms. The van der Waals surface area contributed by atoms with E-state index in [1.54, 1.807) is 13.8 Å². The zero-order chi connectivity index (χ0) is 29.6. The molecule has 5 nitrogen and oxygen atoms in total. The maximum Gasteiger partial charge on any atom is 0.533 e. The number of carbonyl (C=O) groups is 1.